The Labute approximate surface area is 148 Å². The second-order valence-corrected chi connectivity index (χ2v) is 5.72. The van der Waals surface area contributed by atoms with Gasteiger partial charge in [0.1, 0.15) is 0 Å². The first-order chi connectivity index (χ1) is 12.0. The van der Waals surface area contributed by atoms with E-state index in [9.17, 15) is 4.79 Å². The van der Waals surface area contributed by atoms with E-state index >= 15 is 0 Å². The maximum absolute atomic E-state index is 12.0. The van der Waals surface area contributed by atoms with Crippen molar-refractivity contribution in [2.75, 3.05) is 45.1 Å². The highest BCUT2D eigenvalue weighted by atomic mass is 16.5. The third kappa shape index (κ3) is 5.04. The van der Waals surface area contributed by atoms with Crippen LogP contribution in [-0.4, -0.2) is 40.9 Å². The average Bonchev–Trinajstić information content (AvgIpc) is 2.61. The number of rotatable bonds is 7. The van der Waals surface area contributed by atoms with Gasteiger partial charge in [-0.3, -0.25) is 0 Å². The molecule has 0 aliphatic carbocycles. The molecular formula is C19H25N3O3. The summed E-state index contributed by atoms with van der Waals surface area (Å²) in [6.07, 6.45) is 0.646. The predicted molar refractivity (Wildman–Crippen MR) is 101 cm³/mol. The Balaban J connectivity index is 1.86. The maximum Gasteiger partial charge on any atom is 0.319 e. The summed E-state index contributed by atoms with van der Waals surface area (Å²) in [5.41, 5.74) is 2.82. The maximum atomic E-state index is 12.0. The highest BCUT2D eigenvalue weighted by Crippen LogP contribution is 2.30. The molecule has 2 amide bonds. The molecule has 0 bridgehead atoms. The molecular weight excluding hydrogens is 318 g/mol. The van der Waals surface area contributed by atoms with Crippen LogP contribution in [0.5, 0.6) is 11.5 Å². The van der Waals surface area contributed by atoms with Crippen molar-refractivity contribution in [1.82, 2.24) is 5.32 Å². The Hall–Kier alpha value is -2.89. The van der Waals surface area contributed by atoms with E-state index < -0.39 is 0 Å². The number of hydrogen-bond acceptors (Lipinski definition) is 4. The summed E-state index contributed by atoms with van der Waals surface area (Å²) >= 11 is 0. The van der Waals surface area contributed by atoms with E-state index in [1.54, 1.807) is 14.2 Å². The van der Waals surface area contributed by atoms with Gasteiger partial charge in [-0.15, -0.1) is 0 Å². The normalized spacial score (nSPS) is 10.1. The van der Waals surface area contributed by atoms with E-state index in [1.807, 2.05) is 61.5 Å². The molecule has 0 spiro atoms. The Bertz CT molecular complexity index is 700. The minimum absolute atomic E-state index is 0.237. The molecule has 0 aliphatic heterocycles. The largest absolute Gasteiger partial charge is 0.493 e. The van der Waals surface area contributed by atoms with Gasteiger partial charge in [0.15, 0.2) is 11.5 Å². The van der Waals surface area contributed by atoms with Crippen molar-refractivity contribution in [3.63, 3.8) is 0 Å². The van der Waals surface area contributed by atoms with Crippen LogP contribution < -0.4 is 25.0 Å². The van der Waals surface area contributed by atoms with E-state index in [-0.39, 0.29) is 6.03 Å². The van der Waals surface area contributed by atoms with Gasteiger partial charge in [0, 0.05) is 32.0 Å². The van der Waals surface area contributed by atoms with Crippen molar-refractivity contribution >= 4 is 17.4 Å². The molecule has 0 heterocycles. The second kappa shape index (κ2) is 8.82. The molecule has 0 fully saturated rings. The number of hydrogen-bond donors (Lipinski definition) is 2. The molecule has 2 aromatic carbocycles. The summed E-state index contributed by atoms with van der Waals surface area (Å²) in [7, 11) is 7.16. The van der Waals surface area contributed by atoms with Gasteiger partial charge in [0.25, 0.3) is 0 Å². The molecule has 0 atom stereocenters. The SMILES string of the molecule is COc1cccc(CCNC(=O)Nc2ccc(N(C)C)cc2)c1OC. The first-order valence-electron chi connectivity index (χ1n) is 8.07. The first-order valence-corrected chi connectivity index (χ1v) is 8.07. The molecule has 0 saturated heterocycles. The molecule has 2 N–H and O–H groups in total. The fourth-order valence-electron chi connectivity index (χ4n) is 2.48. The van der Waals surface area contributed by atoms with Gasteiger partial charge in [-0.1, -0.05) is 12.1 Å². The standard InChI is InChI=1S/C19H25N3O3/c1-22(2)16-10-8-15(9-11-16)21-19(23)20-13-12-14-6-5-7-17(24-3)18(14)25-4/h5-11H,12-13H2,1-4H3,(H2,20,21,23). The van der Waals surface area contributed by atoms with Gasteiger partial charge in [-0.25, -0.2) is 4.79 Å². The average molecular weight is 343 g/mol. The van der Waals surface area contributed by atoms with Gasteiger partial charge >= 0.3 is 6.03 Å². The quantitative estimate of drug-likeness (QED) is 0.811. The van der Waals surface area contributed by atoms with Gasteiger partial charge in [0.05, 0.1) is 14.2 Å². The van der Waals surface area contributed by atoms with Gasteiger partial charge in [-0.05, 0) is 42.3 Å². The van der Waals surface area contributed by atoms with E-state index in [0.29, 0.717) is 24.5 Å². The van der Waals surface area contributed by atoms with Gasteiger partial charge in [0.2, 0.25) is 0 Å². The summed E-state index contributed by atoms with van der Waals surface area (Å²) < 4.78 is 10.7. The number of carbonyl (C=O) groups is 1. The molecule has 2 rings (SSSR count). The van der Waals surface area contributed by atoms with E-state index in [2.05, 4.69) is 10.6 Å². The number of urea groups is 1. The number of methoxy groups -OCH3 is 2. The summed E-state index contributed by atoms with van der Waals surface area (Å²) in [5, 5.41) is 5.67. The highest BCUT2D eigenvalue weighted by molar-refractivity contribution is 5.89. The van der Waals surface area contributed by atoms with Crippen LogP contribution in [0.25, 0.3) is 0 Å². The van der Waals surface area contributed by atoms with Crippen LogP contribution >= 0.6 is 0 Å². The van der Waals surface area contributed by atoms with Crippen molar-refractivity contribution in [3.8, 4) is 11.5 Å². The molecule has 0 radical (unpaired) electrons. The minimum Gasteiger partial charge on any atom is -0.493 e. The third-order valence-electron chi connectivity index (χ3n) is 3.81. The third-order valence-corrected chi connectivity index (χ3v) is 3.81. The summed E-state index contributed by atoms with van der Waals surface area (Å²) in [6, 6.07) is 13.1. The number of benzene rings is 2. The van der Waals surface area contributed by atoms with Crippen LogP contribution in [0, 0.1) is 0 Å². The smallest absolute Gasteiger partial charge is 0.319 e. The van der Waals surface area contributed by atoms with Gasteiger partial charge in [-0.2, -0.15) is 0 Å². The van der Waals surface area contributed by atoms with Crippen LogP contribution in [0.15, 0.2) is 42.5 Å². The number of nitrogens with zero attached hydrogens (tertiary/aromatic N) is 1. The summed E-state index contributed by atoms with van der Waals surface area (Å²) in [5.74, 6) is 1.39. The number of anilines is 2. The molecule has 0 unspecified atom stereocenters. The summed E-state index contributed by atoms with van der Waals surface area (Å²) in [4.78, 5) is 14.0. The number of carbonyl (C=O) groups excluding carboxylic acids is 1. The summed E-state index contributed by atoms with van der Waals surface area (Å²) in [6.45, 7) is 0.491. The number of ether oxygens (including phenoxy) is 2. The second-order valence-electron chi connectivity index (χ2n) is 5.72. The molecule has 134 valence electrons. The van der Waals surface area contributed by atoms with Crippen molar-refractivity contribution in [2.24, 2.45) is 0 Å². The van der Waals surface area contributed by atoms with Crippen LogP contribution in [-0.2, 0) is 6.42 Å². The Kier molecular flexibility index (Phi) is 6.51. The molecule has 0 aromatic heterocycles. The van der Waals surface area contributed by atoms with Crippen LogP contribution in [0.4, 0.5) is 16.2 Å². The lowest BCUT2D eigenvalue weighted by Gasteiger charge is -2.14. The van der Waals surface area contributed by atoms with Crippen molar-refractivity contribution < 1.29 is 14.3 Å². The van der Waals surface area contributed by atoms with Crippen molar-refractivity contribution in [2.45, 2.75) is 6.42 Å². The Morgan fingerprint density at radius 1 is 1.04 bits per heavy atom. The zero-order chi connectivity index (χ0) is 18.2. The zero-order valence-corrected chi connectivity index (χ0v) is 15.1. The lowest BCUT2D eigenvalue weighted by atomic mass is 10.1. The van der Waals surface area contributed by atoms with Gasteiger partial charge < -0.3 is 25.0 Å². The molecule has 6 heteroatoms. The number of para-hydroxylation sites is 1. The lowest BCUT2D eigenvalue weighted by molar-refractivity contribution is 0.252. The Morgan fingerprint density at radius 3 is 2.36 bits per heavy atom. The predicted octanol–water partition coefficient (Wildman–Crippen LogP) is 3.13. The van der Waals surface area contributed by atoms with E-state index in [4.69, 9.17) is 9.47 Å². The topological polar surface area (TPSA) is 62.8 Å². The number of amides is 2. The van der Waals surface area contributed by atoms with Crippen LogP contribution in [0.2, 0.25) is 0 Å². The van der Waals surface area contributed by atoms with E-state index in [1.165, 1.54) is 0 Å². The molecule has 0 aliphatic rings. The fraction of sp³-hybridized carbons (Fsp3) is 0.316. The zero-order valence-electron chi connectivity index (χ0n) is 15.1. The van der Waals surface area contributed by atoms with Crippen molar-refractivity contribution in [1.29, 1.82) is 0 Å². The van der Waals surface area contributed by atoms with Crippen LogP contribution in [0.3, 0.4) is 0 Å². The highest BCUT2D eigenvalue weighted by Gasteiger charge is 2.09. The molecule has 0 saturated carbocycles. The minimum atomic E-state index is -0.237. The molecule has 2 aromatic rings. The van der Waals surface area contributed by atoms with Crippen LogP contribution in [0.1, 0.15) is 5.56 Å². The number of nitrogens with one attached hydrogen (secondary N) is 2. The molecule has 6 nitrogen and oxygen atoms in total. The van der Waals surface area contributed by atoms with E-state index in [0.717, 1.165) is 16.9 Å². The fourth-order valence-corrected chi connectivity index (χ4v) is 2.48. The Morgan fingerprint density at radius 2 is 1.76 bits per heavy atom. The van der Waals surface area contributed by atoms with Crippen molar-refractivity contribution in [3.05, 3.63) is 48.0 Å². The lowest BCUT2D eigenvalue weighted by Crippen LogP contribution is -2.30. The molecule has 25 heavy (non-hydrogen) atoms. The monoisotopic (exact) mass is 343 g/mol. The first kappa shape index (κ1) is 18.4.